The molecule has 0 fully saturated rings. The summed E-state index contributed by atoms with van der Waals surface area (Å²) in [4.78, 5) is 0. The molecule has 0 aromatic carbocycles. The van der Waals surface area contributed by atoms with E-state index in [2.05, 4.69) is 31.8 Å². The molecular weight excluding hydrogens is 192 g/mol. The molecule has 0 saturated heterocycles. The van der Waals surface area contributed by atoms with Crippen LogP contribution in [0.25, 0.3) is 0 Å². The molecule has 0 aromatic rings. The largest absolute Gasteiger partial charge is 0.396 e. The number of allylic oxidation sites excluding steroid dienone is 2. The minimum Gasteiger partial charge on any atom is -0.396 e. The fourth-order valence-electron chi connectivity index (χ4n) is 2.41. The molecule has 0 heterocycles. The van der Waals surface area contributed by atoms with Crippen LogP contribution >= 0.6 is 0 Å². The van der Waals surface area contributed by atoms with Gasteiger partial charge in [0.15, 0.2) is 0 Å². The zero-order chi connectivity index (χ0) is 10.8. The van der Waals surface area contributed by atoms with Gasteiger partial charge in [-0.15, -0.1) is 0 Å². The lowest BCUT2D eigenvalue weighted by Gasteiger charge is -2.39. The summed E-state index contributed by atoms with van der Waals surface area (Å²) < 4.78 is 0. The first-order valence-electron chi connectivity index (χ1n) is 5.39. The molecule has 3 heteroatoms. The highest BCUT2D eigenvalue weighted by Gasteiger charge is 2.37. The number of hydrogen-bond acceptors (Lipinski definition) is 2. The summed E-state index contributed by atoms with van der Waals surface area (Å²) in [5.74, 6) is 0.540. The van der Waals surface area contributed by atoms with Crippen molar-refractivity contribution in [1.82, 2.24) is 0 Å². The zero-order valence-corrected chi connectivity index (χ0v) is 10.4. The molecule has 2 N–H and O–H groups in total. The zero-order valence-electron chi connectivity index (χ0n) is 9.40. The third-order valence-electron chi connectivity index (χ3n) is 3.29. The topological polar surface area (TPSA) is 40.5 Å². The standard InChI is InChI=1S/C11H22O2Si/c1-14(2,3)11-6-4-5-9(7-12)10(11)8-13/h4,6,9-13H,5,7-8H2,1-3H3/t9-,10-,11+/m1/s1. The number of aliphatic hydroxyl groups is 2. The number of aliphatic hydroxyl groups excluding tert-OH is 2. The minimum atomic E-state index is -1.26. The fraction of sp³-hybridized carbons (Fsp3) is 0.818. The Morgan fingerprint density at radius 2 is 1.86 bits per heavy atom. The Bertz CT molecular complexity index is 208. The highest BCUT2D eigenvalue weighted by Crippen LogP contribution is 2.40. The molecule has 3 atom stereocenters. The summed E-state index contributed by atoms with van der Waals surface area (Å²) in [7, 11) is -1.26. The molecule has 1 aliphatic rings. The second kappa shape index (κ2) is 4.60. The third-order valence-corrected chi connectivity index (χ3v) is 5.91. The predicted molar refractivity (Wildman–Crippen MR) is 62.0 cm³/mol. The molecule has 14 heavy (non-hydrogen) atoms. The second-order valence-corrected chi connectivity index (χ2v) is 10.7. The van der Waals surface area contributed by atoms with Gasteiger partial charge in [-0.25, -0.2) is 0 Å². The monoisotopic (exact) mass is 214 g/mol. The molecule has 1 rings (SSSR count). The molecule has 0 spiro atoms. The number of rotatable bonds is 3. The lowest BCUT2D eigenvalue weighted by Crippen LogP contribution is -2.39. The van der Waals surface area contributed by atoms with Crippen molar-refractivity contribution in [3.05, 3.63) is 12.2 Å². The van der Waals surface area contributed by atoms with E-state index >= 15 is 0 Å². The van der Waals surface area contributed by atoms with E-state index in [0.29, 0.717) is 5.54 Å². The molecule has 0 amide bonds. The van der Waals surface area contributed by atoms with Gasteiger partial charge in [0.1, 0.15) is 0 Å². The van der Waals surface area contributed by atoms with Gasteiger partial charge in [-0.2, -0.15) is 0 Å². The number of hydrogen-bond donors (Lipinski definition) is 2. The van der Waals surface area contributed by atoms with Crippen molar-refractivity contribution in [3.8, 4) is 0 Å². The van der Waals surface area contributed by atoms with Crippen LogP contribution in [0.15, 0.2) is 12.2 Å². The van der Waals surface area contributed by atoms with Crippen molar-refractivity contribution in [3.63, 3.8) is 0 Å². The van der Waals surface area contributed by atoms with E-state index in [1.54, 1.807) is 0 Å². The van der Waals surface area contributed by atoms with Crippen molar-refractivity contribution in [2.24, 2.45) is 11.8 Å². The van der Waals surface area contributed by atoms with Crippen molar-refractivity contribution in [1.29, 1.82) is 0 Å². The van der Waals surface area contributed by atoms with Gasteiger partial charge >= 0.3 is 0 Å². The van der Waals surface area contributed by atoms with E-state index in [0.717, 1.165) is 6.42 Å². The van der Waals surface area contributed by atoms with Gasteiger partial charge in [0.25, 0.3) is 0 Å². The summed E-state index contributed by atoms with van der Waals surface area (Å²) in [5, 5.41) is 18.7. The molecule has 82 valence electrons. The van der Waals surface area contributed by atoms with Crippen LogP contribution in [0.5, 0.6) is 0 Å². The van der Waals surface area contributed by atoms with Gasteiger partial charge < -0.3 is 10.2 Å². The first-order valence-corrected chi connectivity index (χ1v) is 8.96. The minimum absolute atomic E-state index is 0.205. The summed E-state index contributed by atoms with van der Waals surface area (Å²) >= 11 is 0. The van der Waals surface area contributed by atoms with Crippen LogP contribution in [-0.2, 0) is 0 Å². The Labute approximate surface area is 87.7 Å². The van der Waals surface area contributed by atoms with E-state index < -0.39 is 8.07 Å². The highest BCUT2D eigenvalue weighted by atomic mass is 28.3. The van der Waals surface area contributed by atoms with Crippen molar-refractivity contribution in [2.45, 2.75) is 31.6 Å². The van der Waals surface area contributed by atoms with Crippen molar-refractivity contribution >= 4 is 8.07 Å². The first kappa shape index (κ1) is 11.9. The molecule has 2 nitrogen and oxygen atoms in total. The maximum absolute atomic E-state index is 9.40. The van der Waals surface area contributed by atoms with Crippen LogP contribution in [0.3, 0.4) is 0 Å². The molecular formula is C11H22O2Si. The van der Waals surface area contributed by atoms with Crippen LogP contribution < -0.4 is 0 Å². The Morgan fingerprint density at radius 1 is 1.21 bits per heavy atom. The lowest BCUT2D eigenvalue weighted by molar-refractivity contribution is 0.117. The second-order valence-electron chi connectivity index (χ2n) is 5.34. The Hall–Kier alpha value is -0.123. The third kappa shape index (κ3) is 2.46. The summed E-state index contributed by atoms with van der Waals surface area (Å²) in [5.41, 5.74) is 0.512. The molecule has 0 aliphatic heterocycles. The van der Waals surface area contributed by atoms with E-state index in [9.17, 15) is 10.2 Å². The normalized spacial score (nSPS) is 33.4. The van der Waals surface area contributed by atoms with E-state index in [1.807, 2.05) is 0 Å². The quantitative estimate of drug-likeness (QED) is 0.556. The van der Waals surface area contributed by atoms with Crippen LogP contribution in [0.4, 0.5) is 0 Å². The molecule has 0 saturated carbocycles. The average molecular weight is 214 g/mol. The van der Waals surface area contributed by atoms with E-state index in [1.165, 1.54) is 0 Å². The lowest BCUT2D eigenvalue weighted by atomic mass is 9.83. The summed E-state index contributed by atoms with van der Waals surface area (Å²) in [6.07, 6.45) is 5.36. The maximum Gasteiger partial charge on any atom is 0.0518 e. The van der Waals surface area contributed by atoms with Crippen LogP contribution in [-0.4, -0.2) is 31.5 Å². The van der Waals surface area contributed by atoms with Gasteiger partial charge in [0.05, 0.1) is 8.07 Å². The van der Waals surface area contributed by atoms with Crippen LogP contribution in [0, 0.1) is 11.8 Å². The van der Waals surface area contributed by atoms with Crippen molar-refractivity contribution < 1.29 is 10.2 Å². The molecule has 0 radical (unpaired) electrons. The molecule has 1 aliphatic carbocycles. The van der Waals surface area contributed by atoms with Crippen molar-refractivity contribution in [2.75, 3.05) is 13.2 Å². The first-order chi connectivity index (χ1) is 6.50. The molecule has 0 bridgehead atoms. The molecule has 0 aromatic heterocycles. The van der Waals surface area contributed by atoms with Gasteiger partial charge in [-0.3, -0.25) is 0 Å². The molecule has 0 unspecified atom stereocenters. The smallest absolute Gasteiger partial charge is 0.0518 e. The van der Waals surface area contributed by atoms with E-state index in [4.69, 9.17) is 0 Å². The SMILES string of the molecule is C[Si](C)(C)[C@H]1C=CC[C@H](CO)[C@H]1CO. The fourth-order valence-corrected chi connectivity index (χ4v) is 4.79. The average Bonchev–Trinajstić information content (AvgIpc) is 2.15. The highest BCUT2D eigenvalue weighted by molar-refractivity contribution is 6.78. The van der Waals surface area contributed by atoms with Crippen LogP contribution in [0.1, 0.15) is 6.42 Å². The maximum atomic E-state index is 9.40. The van der Waals surface area contributed by atoms with Gasteiger partial charge in [-0.1, -0.05) is 31.8 Å². The van der Waals surface area contributed by atoms with Crippen LogP contribution in [0.2, 0.25) is 25.2 Å². The predicted octanol–water partition coefficient (Wildman–Crippen LogP) is 1.87. The van der Waals surface area contributed by atoms with E-state index in [-0.39, 0.29) is 25.0 Å². The summed E-state index contributed by atoms with van der Waals surface area (Å²) in [6.45, 7) is 7.39. The summed E-state index contributed by atoms with van der Waals surface area (Å²) in [6, 6.07) is 0. The Morgan fingerprint density at radius 3 is 2.29 bits per heavy atom. The van der Waals surface area contributed by atoms with Gasteiger partial charge in [0.2, 0.25) is 0 Å². The van der Waals surface area contributed by atoms with Gasteiger partial charge in [0, 0.05) is 13.2 Å². The Kier molecular flexibility index (Phi) is 3.92. The van der Waals surface area contributed by atoms with Gasteiger partial charge in [-0.05, 0) is 23.8 Å². The Balaban J connectivity index is 2.83.